The third-order valence-corrected chi connectivity index (χ3v) is 4.28. The number of hydrogen-bond donors (Lipinski definition) is 0. The molecule has 6 nitrogen and oxygen atoms in total. The van der Waals surface area contributed by atoms with Crippen LogP contribution in [0, 0.1) is 0 Å². The number of methoxy groups -OCH3 is 3. The molecule has 2 atom stereocenters. The van der Waals surface area contributed by atoms with E-state index in [0.29, 0.717) is 30.3 Å². The van der Waals surface area contributed by atoms with Crippen LogP contribution in [0.4, 0.5) is 5.13 Å². The molecule has 19 heavy (non-hydrogen) atoms. The van der Waals surface area contributed by atoms with Gasteiger partial charge in [-0.15, -0.1) is 0 Å². The topological polar surface area (TPSA) is 60.9 Å². The molecule has 0 aromatic carbocycles. The molecule has 0 N–H and O–H groups in total. The first-order valence-corrected chi connectivity index (χ1v) is 6.79. The zero-order valence-electron chi connectivity index (χ0n) is 11.3. The fourth-order valence-corrected chi connectivity index (χ4v) is 3.07. The number of aldehydes is 1. The summed E-state index contributed by atoms with van der Waals surface area (Å²) in [4.78, 5) is 18.2. The SMILES string of the molecule is COCc1nc(N2CC(OC)C(OC)C2)sc1C=O. The lowest BCUT2D eigenvalue weighted by atomic mass is 10.3. The maximum absolute atomic E-state index is 11.0. The Balaban J connectivity index is 2.16. The maximum atomic E-state index is 11.0. The van der Waals surface area contributed by atoms with Crippen molar-refractivity contribution in [3.8, 4) is 0 Å². The van der Waals surface area contributed by atoms with Gasteiger partial charge < -0.3 is 19.1 Å². The Morgan fingerprint density at radius 1 is 1.32 bits per heavy atom. The average Bonchev–Trinajstić information content (AvgIpc) is 3.01. The summed E-state index contributed by atoms with van der Waals surface area (Å²) in [6.45, 7) is 1.78. The Labute approximate surface area is 116 Å². The van der Waals surface area contributed by atoms with Crippen molar-refractivity contribution in [2.24, 2.45) is 0 Å². The number of thiazole rings is 1. The van der Waals surface area contributed by atoms with E-state index in [1.54, 1.807) is 21.3 Å². The molecule has 0 bridgehead atoms. The van der Waals surface area contributed by atoms with Gasteiger partial charge in [-0.3, -0.25) is 4.79 Å². The van der Waals surface area contributed by atoms with Crippen molar-refractivity contribution < 1.29 is 19.0 Å². The van der Waals surface area contributed by atoms with E-state index in [2.05, 4.69) is 9.88 Å². The predicted molar refractivity (Wildman–Crippen MR) is 72.0 cm³/mol. The van der Waals surface area contributed by atoms with Crippen LogP contribution in [0.1, 0.15) is 15.4 Å². The van der Waals surface area contributed by atoms with Gasteiger partial charge in [0, 0.05) is 34.4 Å². The molecule has 0 radical (unpaired) electrons. The number of nitrogens with zero attached hydrogens (tertiary/aromatic N) is 2. The van der Waals surface area contributed by atoms with Crippen LogP contribution in [-0.4, -0.2) is 57.9 Å². The minimum absolute atomic E-state index is 0.0273. The van der Waals surface area contributed by atoms with Crippen LogP contribution in [0.3, 0.4) is 0 Å². The van der Waals surface area contributed by atoms with Gasteiger partial charge in [-0.2, -0.15) is 0 Å². The van der Waals surface area contributed by atoms with E-state index < -0.39 is 0 Å². The molecular weight excluding hydrogens is 268 g/mol. The van der Waals surface area contributed by atoms with Crippen molar-refractivity contribution in [1.29, 1.82) is 0 Å². The molecule has 7 heteroatoms. The van der Waals surface area contributed by atoms with Crippen LogP contribution >= 0.6 is 11.3 Å². The summed E-state index contributed by atoms with van der Waals surface area (Å²) in [6, 6.07) is 0. The Hall–Kier alpha value is -1.02. The summed E-state index contributed by atoms with van der Waals surface area (Å²) in [5, 5.41) is 0.816. The number of hydrogen-bond acceptors (Lipinski definition) is 7. The highest BCUT2D eigenvalue weighted by Crippen LogP contribution is 2.29. The van der Waals surface area contributed by atoms with Crippen molar-refractivity contribution >= 4 is 22.8 Å². The zero-order chi connectivity index (χ0) is 13.8. The second-order valence-electron chi connectivity index (χ2n) is 4.31. The molecule has 1 aliphatic rings. The van der Waals surface area contributed by atoms with Crippen LogP contribution in [-0.2, 0) is 20.8 Å². The van der Waals surface area contributed by atoms with Crippen LogP contribution in [0.15, 0.2) is 0 Å². The van der Waals surface area contributed by atoms with Crippen molar-refractivity contribution in [3.05, 3.63) is 10.6 Å². The van der Waals surface area contributed by atoms with Gasteiger partial charge in [0.2, 0.25) is 0 Å². The van der Waals surface area contributed by atoms with E-state index in [9.17, 15) is 4.79 Å². The van der Waals surface area contributed by atoms with E-state index in [1.165, 1.54) is 11.3 Å². The van der Waals surface area contributed by atoms with Crippen molar-refractivity contribution in [2.45, 2.75) is 18.8 Å². The van der Waals surface area contributed by atoms with E-state index >= 15 is 0 Å². The summed E-state index contributed by atoms with van der Waals surface area (Å²) in [7, 11) is 4.94. The summed E-state index contributed by atoms with van der Waals surface area (Å²) < 4.78 is 15.8. The lowest BCUT2D eigenvalue weighted by Gasteiger charge is -2.13. The highest BCUT2D eigenvalue weighted by molar-refractivity contribution is 7.17. The summed E-state index contributed by atoms with van der Waals surface area (Å²) >= 11 is 1.38. The third-order valence-electron chi connectivity index (χ3n) is 3.20. The van der Waals surface area contributed by atoms with Gasteiger partial charge in [0.1, 0.15) is 12.2 Å². The molecule has 2 heterocycles. The fourth-order valence-electron chi connectivity index (χ4n) is 2.17. The van der Waals surface area contributed by atoms with Gasteiger partial charge in [-0.25, -0.2) is 4.98 Å². The standard InChI is InChI=1S/C12H18N2O4S/c1-16-7-8-11(6-15)19-12(13-8)14-4-9(17-2)10(5-14)18-3/h6,9-10H,4-5,7H2,1-3H3. The molecule has 1 fully saturated rings. The number of aromatic nitrogens is 1. The predicted octanol–water partition coefficient (Wildman–Crippen LogP) is 0.952. The maximum Gasteiger partial charge on any atom is 0.186 e. The Kier molecular flexibility index (Phi) is 4.87. The molecule has 1 aliphatic heterocycles. The lowest BCUT2D eigenvalue weighted by Crippen LogP contribution is -2.27. The van der Waals surface area contributed by atoms with E-state index in [0.717, 1.165) is 11.4 Å². The van der Waals surface area contributed by atoms with Gasteiger partial charge in [-0.1, -0.05) is 11.3 Å². The highest BCUT2D eigenvalue weighted by atomic mass is 32.1. The molecule has 106 valence electrons. The second-order valence-corrected chi connectivity index (χ2v) is 5.32. The number of carbonyl (C=O) groups is 1. The zero-order valence-corrected chi connectivity index (χ0v) is 12.1. The smallest absolute Gasteiger partial charge is 0.186 e. The first-order valence-electron chi connectivity index (χ1n) is 5.97. The van der Waals surface area contributed by atoms with Crippen LogP contribution < -0.4 is 4.90 Å². The van der Waals surface area contributed by atoms with E-state index in [-0.39, 0.29) is 12.2 Å². The van der Waals surface area contributed by atoms with Crippen molar-refractivity contribution in [1.82, 2.24) is 4.98 Å². The second kappa shape index (κ2) is 6.42. The summed E-state index contributed by atoms with van der Waals surface area (Å²) in [6.07, 6.45) is 0.881. The molecule has 2 unspecified atom stereocenters. The Bertz CT molecular complexity index is 425. The third kappa shape index (κ3) is 2.94. The Morgan fingerprint density at radius 3 is 2.42 bits per heavy atom. The number of rotatable bonds is 6. The van der Waals surface area contributed by atoms with Crippen molar-refractivity contribution in [2.75, 3.05) is 39.3 Å². The van der Waals surface area contributed by atoms with E-state index in [1.807, 2.05) is 0 Å². The number of carbonyl (C=O) groups excluding carboxylic acids is 1. The van der Waals surface area contributed by atoms with Gasteiger partial charge in [-0.05, 0) is 0 Å². The minimum Gasteiger partial charge on any atom is -0.378 e. The minimum atomic E-state index is 0.0273. The molecule has 0 spiro atoms. The lowest BCUT2D eigenvalue weighted by molar-refractivity contribution is -0.00461. The van der Waals surface area contributed by atoms with Gasteiger partial charge >= 0.3 is 0 Å². The normalized spacial score (nSPS) is 23.0. The molecule has 2 rings (SSSR count). The van der Waals surface area contributed by atoms with Crippen molar-refractivity contribution in [3.63, 3.8) is 0 Å². The quantitative estimate of drug-likeness (QED) is 0.726. The first-order chi connectivity index (χ1) is 9.23. The van der Waals surface area contributed by atoms with Crippen LogP contribution in [0.25, 0.3) is 0 Å². The molecule has 0 saturated carbocycles. The molecule has 1 saturated heterocycles. The van der Waals surface area contributed by atoms with Crippen LogP contribution in [0.5, 0.6) is 0 Å². The first kappa shape index (κ1) is 14.4. The fraction of sp³-hybridized carbons (Fsp3) is 0.667. The molecule has 0 aliphatic carbocycles. The largest absolute Gasteiger partial charge is 0.378 e. The Morgan fingerprint density at radius 2 is 1.95 bits per heavy atom. The molecule has 1 aromatic rings. The summed E-state index contributed by atoms with van der Waals surface area (Å²) in [5.74, 6) is 0. The number of ether oxygens (including phenoxy) is 3. The van der Waals surface area contributed by atoms with E-state index in [4.69, 9.17) is 14.2 Å². The molecule has 1 aromatic heterocycles. The van der Waals surface area contributed by atoms with Gasteiger partial charge in [0.05, 0.1) is 17.2 Å². The van der Waals surface area contributed by atoms with Gasteiger partial charge in [0.15, 0.2) is 11.4 Å². The highest BCUT2D eigenvalue weighted by Gasteiger charge is 2.34. The molecular formula is C12H18N2O4S. The number of anilines is 1. The van der Waals surface area contributed by atoms with Gasteiger partial charge in [0.25, 0.3) is 0 Å². The monoisotopic (exact) mass is 286 g/mol. The summed E-state index contributed by atoms with van der Waals surface area (Å²) in [5.41, 5.74) is 0.687. The average molecular weight is 286 g/mol. The van der Waals surface area contributed by atoms with Crippen LogP contribution in [0.2, 0.25) is 0 Å². The molecule has 0 amide bonds.